The maximum atomic E-state index is 12.6. The van der Waals surface area contributed by atoms with E-state index in [9.17, 15) is 14.4 Å². The number of likely N-dealkylation sites (tertiary alicyclic amines) is 1. The lowest BCUT2D eigenvalue weighted by Gasteiger charge is -2.31. The fraction of sp³-hybridized carbons (Fsp3) is 0.550. The van der Waals surface area contributed by atoms with Gasteiger partial charge in [-0.15, -0.1) is 0 Å². The lowest BCUT2D eigenvalue weighted by Crippen LogP contribution is -2.40. The minimum Gasteiger partial charge on any atom is -0.345 e. The van der Waals surface area contributed by atoms with Crippen LogP contribution < -0.4 is 5.32 Å². The van der Waals surface area contributed by atoms with Gasteiger partial charge in [-0.3, -0.25) is 14.4 Å². The zero-order chi connectivity index (χ0) is 19.7. The lowest BCUT2D eigenvalue weighted by molar-refractivity contribution is -0.136. The Hall–Kier alpha value is -2.08. The predicted molar refractivity (Wildman–Crippen MR) is 104 cm³/mol. The number of hydrogen-bond donors (Lipinski definition) is 1. The third-order valence-corrected chi connectivity index (χ3v) is 6.39. The Morgan fingerprint density at radius 3 is 2.74 bits per heavy atom. The second kappa shape index (κ2) is 7.89. The van der Waals surface area contributed by atoms with Crippen LogP contribution in [0.15, 0.2) is 18.2 Å². The molecule has 0 bridgehead atoms. The van der Waals surface area contributed by atoms with Crippen LogP contribution in [0.1, 0.15) is 31.2 Å². The van der Waals surface area contributed by atoms with E-state index >= 15 is 0 Å². The molecule has 0 spiro atoms. The van der Waals surface area contributed by atoms with E-state index in [0.29, 0.717) is 29.0 Å². The number of anilines is 1. The number of fused-ring (bicyclic) bond motifs is 1. The fourth-order valence-electron chi connectivity index (χ4n) is 4.21. The Morgan fingerprint density at radius 2 is 2.00 bits per heavy atom. The van der Waals surface area contributed by atoms with Crippen LogP contribution in [0.5, 0.6) is 0 Å². The number of amides is 3. The summed E-state index contributed by atoms with van der Waals surface area (Å²) in [5.74, 6) is 0.424. The Bertz CT molecular complexity index is 767. The number of nitrogens with one attached hydrogen (secondary N) is 1. The summed E-state index contributed by atoms with van der Waals surface area (Å²) in [6.07, 6.45) is 2.09. The molecule has 1 saturated heterocycles. The molecular formula is C20H26ClN3O3. The van der Waals surface area contributed by atoms with Gasteiger partial charge in [0.25, 0.3) is 0 Å². The monoisotopic (exact) mass is 391 g/mol. The molecular weight excluding hydrogens is 366 g/mol. The first-order valence-electron chi connectivity index (χ1n) is 9.30. The standard InChI is InChI=1S/C20H26ClN3O3/c1-12-16(21)5-4-6-17(12)22-18(25)10-20(27)24(3)15-7-13-9-19(26)23(2)11-14(13)8-15/h4-6,13-15H,7-11H2,1-3H3,(H,22,25)/t13-,14+,15-/m1/s1. The number of carbonyl (C=O) groups is 3. The van der Waals surface area contributed by atoms with Crippen molar-refractivity contribution in [3.8, 4) is 0 Å². The normalized spacial score (nSPS) is 24.5. The number of nitrogens with zero attached hydrogens (tertiary/aromatic N) is 2. The van der Waals surface area contributed by atoms with Gasteiger partial charge in [0.15, 0.2) is 0 Å². The van der Waals surface area contributed by atoms with Crippen LogP contribution in [0.3, 0.4) is 0 Å². The average Bonchev–Trinajstić information content (AvgIpc) is 3.01. The second-order valence-corrected chi connectivity index (χ2v) is 8.17. The van der Waals surface area contributed by atoms with E-state index in [-0.39, 0.29) is 30.2 Å². The predicted octanol–water partition coefficient (Wildman–Crippen LogP) is 2.69. The van der Waals surface area contributed by atoms with Crippen molar-refractivity contribution >= 4 is 35.0 Å². The lowest BCUT2D eigenvalue weighted by atomic mass is 9.88. The molecule has 0 radical (unpaired) electrons. The number of benzene rings is 1. The van der Waals surface area contributed by atoms with Crippen molar-refractivity contribution in [1.29, 1.82) is 0 Å². The summed E-state index contributed by atoms with van der Waals surface area (Å²) >= 11 is 6.07. The zero-order valence-corrected chi connectivity index (χ0v) is 16.8. The number of rotatable bonds is 4. The minimum absolute atomic E-state index is 0.0903. The van der Waals surface area contributed by atoms with Crippen LogP contribution in [0.2, 0.25) is 5.02 Å². The summed E-state index contributed by atoms with van der Waals surface area (Å²) in [5.41, 5.74) is 1.40. The summed E-state index contributed by atoms with van der Waals surface area (Å²) in [6.45, 7) is 2.58. The van der Waals surface area contributed by atoms with Crippen molar-refractivity contribution in [2.75, 3.05) is 26.0 Å². The quantitative estimate of drug-likeness (QED) is 0.802. The topological polar surface area (TPSA) is 69.7 Å². The highest BCUT2D eigenvalue weighted by Gasteiger charge is 2.42. The highest BCUT2D eigenvalue weighted by atomic mass is 35.5. The first-order valence-corrected chi connectivity index (χ1v) is 9.68. The van der Waals surface area contributed by atoms with E-state index in [1.54, 1.807) is 35.0 Å². The Balaban J connectivity index is 1.55. The molecule has 1 saturated carbocycles. The highest BCUT2D eigenvalue weighted by molar-refractivity contribution is 6.31. The molecule has 1 heterocycles. The molecule has 1 aliphatic heterocycles. The van der Waals surface area contributed by atoms with E-state index in [4.69, 9.17) is 11.6 Å². The van der Waals surface area contributed by atoms with Gasteiger partial charge >= 0.3 is 0 Å². The number of piperidine rings is 1. The Morgan fingerprint density at radius 1 is 1.30 bits per heavy atom. The molecule has 1 aromatic carbocycles. The molecule has 1 aromatic rings. The second-order valence-electron chi connectivity index (χ2n) is 7.77. The molecule has 27 heavy (non-hydrogen) atoms. The maximum absolute atomic E-state index is 12.6. The SMILES string of the molecule is Cc1c(Cl)cccc1NC(=O)CC(=O)N(C)[C@@H]1C[C@@H]2CC(=O)N(C)C[C@@H]2C1. The van der Waals surface area contributed by atoms with E-state index in [1.807, 2.05) is 14.0 Å². The van der Waals surface area contributed by atoms with Gasteiger partial charge in [0.2, 0.25) is 17.7 Å². The van der Waals surface area contributed by atoms with Crippen LogP contribution in [0.25, 0.3) is 0 Å². The largest absolute Gasteiger partial charge is 0.345 e. The Labute approximate surface area is 164 Å². The molecule has 7 heteroatoms. The van der Waals surface area contributed by atoms with E-state index < -0.39 is 0 Å². The molecule has 146 valence electrons. The van der Waals surface area contributed by atoms with Crippen molar-refractivity contribution in [2.45, 2.75) is 38.6 Å². The van der Waals surface area contributed by atoms with Crippen LogP contribution in [0, 0.1) is 18.8 Å². The van der Waals surface area contributed by atoms with Crippen LogP contribution in [0.4, 0.5) is 5.69 Å². The van der Waals surface area contributed by atoms with Crippen molar-refractivity contribution < 1.29 is 14.4 Å². The molecule has 1 N–H and O–H groups in total. The molecule has 0 unspecified atom stereocenters. The van der Waals surface area contributed by atoms with Gasteiger partial charge in [0, 0.05) is 43.8 Å². The van der Waals surface area contributed by atoms with Gasteiger partial charge in [-0.1, -0.05) is 17.7 Å². The van der Waals surface area contributed by atoms with Gasteiger partial charge in [-0.05, 0) is 49.3 Å². The molecule has 2 fully saturated rings. The summed E-state index contributed by atoms with van der Waals surface area (Å²) in [6, 6.07) is 5.38. The molecule has 3 amide bonds. The third-order valence-electron chi connectivity index (χ3n) is 5.98. The third kappa shape index (κ3) is 4.26. The summed E-state index contributed by atoms with van der Waals surface area (Å²) in [7, 11) is 3.59. The summed E-state index contributed by atoms with van der Waals surface area (Å²) < 4.78 is 0. The van der Waals surface area contributed by atoms with Crippen molar-refractivity contribution in [2.24, 2.45) is 11.8 Å². The molecule has 1 aliphatic carbocycles. The van der Waals surface area contributed by atoms with Gasteiger partial charge in [-0.25, -0.2) is 0 Å². The molecule has 3 atom stereocenters. The van der Waals surface area contributed by atoms with Gasteiger partial charge in [0.05, 0.1) is 0 Å². The molecule has 2 aliphatic rings. The Kier molecular flexibility index (Phi) is 5.75. The van der Waals surface area contributed by atoms with Crippen molar-refractivity contribution in [3.63, 3.8) is 0 Å². The zero-order valence-electron chi connectivity index (χ0n) is 16.0. The fourth-order valence-corrected chi connectivity index (χ4v) is 4.38. The molecule has 6 nitrogen and oxygen atoms in total. The van der Waals surface area contributed by atoms with Crippen molar-refractivity contribution in [1.82, 2.24) is 9.80 Å². The first-order chi connectivity index (χ1) is 12.8. The van der Waals surface area contributed by atoms with Gasteiger partial charge in [-0.2, -0.15) is 0 Å². The molecule has 3 rings (SSSR count). The van der Waals surface area contributed by atoms with Crippen LogP contribution in [-0.2, 0) is 14.4 Å². The summed E-state index contributed by atoms with van der Waals surface area (Å²) in [4.78, 5) is 40.2. The smallest absolute Gasteiger partial charge is 0.233 e. The van der Waals surface area contributed by atoms with Gasteiger partial charge in [0.1, 0.15) is 6.42 Å². The first kappa shape index (κ1) is 19.7. The summed E-state index contributed by atoms with van der Waals surface area (Å²) in [5, 5.41) is 3.34. The van der Waals surface area contributed by atoms with Crippen LogP contribution in [-0.4, -0.2) is 54.2 Å². The maximum Gasteiger partial charge on any atom is 0.233 e. The highest BCUT2D eigenvalue weighted by Crippen LogP contribution is 2.40. The average molecular weight is 392 g/mol. The van der Waals surface area contributed by atoms with Crippen LogP contribution >= 0.6 is 11.6 Å². The molecule has 0 aromatic heterocycles. The van der Waals surface area contributed by atoms with E-state index in [0.717, 1.165) is 24.9 Å². The number of halogens is 1. The van der Waals surface area contributed by atoms with E-state index in [1.165, 1.54) is 0 Å². The van der Waals surface area contributed by atoms with Gasteiger partial charge < -0.3 is 15.1 Å². The van der Waals surface area contributed by atoms with E-state index in [2.05, 4.69) is 5.32 Å². The van der Waals surface area contributed by atoms with Crippen molar-refractivity contribution in [3.05, 3.63) is 28.8 Å². The number of carbonyl (C=O) groups excluding carboxylic acids is 3. The number of hydrogen-bond acceptors (Lipinski definition) is 3. The minimum atomic E-state index is -0.345.